The summed E-state index contributed by atoms with van der Waals surface area (Å²) in [5.74, 6) is 0.0929. The molecule has 9 rings (SSSR count). The second kappa shape index (κ2) is 11.5. The number of nitrogens with zero attached hydrogens (tertiary/aromatic N) is 5. The minimum atomic E-state index is 0.0636. The van der Waals surface area contributed by atoms with Gasteiger partial charge in [0.05, 0.1) is 46.0 Å². The molecule has 0 N–H and O–H groups in total. The van der Waals surface area contributed by atoms with Crippen LogP contribution in [0.3, 0.4) is 0 Å². The minimum Gasteiger partial charge on any atom is -0.333 e. The predicted molar refractivity (Wildman–Crippen MR) is 199 cm³/mol. The van der Waals surface area contributed by atoms with Crippen molar-refractivity contribution in [2.24, 2.45) is 0 Å². The number of fused-ring (bicyclic) bond motifs is 6. The summed E-state index contributed by atoms with van der Waals surface area (Å²) in [5.41, 5.74) is 11.7. The van der Waals surface area contributed by atoms with Crippen LogP contribution in [0.15, 0.2) is 157 Å². The van der Waals surface area contributed by atoms with Crippen LogP contribution < -0.4 is 4.90 Å². The van der Waals surface area contributed by atoms with Crippen LogP contribution in [0.2, 0.25) is 0 Å². The summed E-state index contributed by atoms with van der Waals surface area (Å²) in [6.07, 6.45) is 6.11. The molecule has 0 amide bonds. The first kappa shape index (κ1) is 29.0. The van der Waals surface area contributed by atoms with Crippen LogP contribution in [-0.4, -0.2) is 10.6 Å². The molecular weight excluding hydrogens is 611 g/mol. The molecule has 2 atom stereocenters. The van der Waals surface area contributed by atoms with Crippen LogP contribution in [0.4, 0.5) is 11.4 Å². The fourth-order valence-electron chi connectivity index (χ4n) is 7.95. The van der Waals surface area contributed by atoms with Gasteiger partial charge in [-0.3, -0.25) is 0 Å². The van der Waals surface area contributed by atoms with Gasteiger partial charge >= 0.3 is 0 Å². The Kier molecular flexibility index (Phi) is 6.70. The fraction of sp³-hybridized carbons (Fsp3) is 0.0444. The van der Waals surface area contributed by atoms with Crippen LogP contribution in [0.5, 0.6) is 0 Å². The number of rotatable bonds is 4. The van der Waals surface area contributed by atoms with E-state index >= 15 is 0 Å². The molecule has 0 saturated heterocycles. The average molecular weight is 638 g/mol. The average Bonchev–Trinajstić information content (AvgIpc) is 3.70. The van der Waals surface area contributed by atoms with Crippen molar-refractivity contribution in [1.82, 2.24) is 4.57 Å². The third-order valence-electron chi connectivity index (χ3n) is 10.1. The third-order valence-corrected chi connectivity index (χ3v) is 10.1. The van der Waals surface area contributed by atoms with Crippen molar-refractivity contribution in [1.29, 1.82) is 15.8 Å². The van der Waals surface area contributed by atoms with E-state index in [1.807, 2.05) is 54.6 Å². The zero-order valence-corrected chi connectivity index (χ0v) is 26.8. The van der Waals surface area contributed by atoms with Gasteiger partial charge in [0.2, 0.25) is 0 Å². The lowest BCUT2D eigenvalue weighted by atomic mass is 9.88. The van der Waals surface area contributed by atoms with E-state index in [1.54, 1.807) is 0 Å². The Morgan fingerprint density at radius 1 is 0.560 bits per heavy atom. The number of nitriles is 3. The molecule has 2 unspecified atom stereocenters. The van der Waals surface area contributed by atoms with E-state index in [9.17, 15) is 15.8 Å². The molecule has 1 aliphatic heterocycles. The highest BCUT2D eigenvalue weighted by Crippen LogP contribution is 2.49. The third kappa shape index (κ3) is 4.30. The van der Waals surface area contributed by atoms with Crippen LogP contribution in [0, 0.1) is 34.0 Å². The Morgan fingerprint density at radius 2 is 1.24 bits per heavy atom. The van der Waals surface area contributed by atoms with Gasteiger partial charge in [0.25, 0.3) is 0 Å². The van der Waals surface area contributed by atoms with E-state index < -0.39 is 0 Å². The summed E-state index contributed by atoms with van der Waals surface area (Å²) in [6.45, 7) is 0. The molecule has 6 aromatic carbocycles. The number of aromatic nitrogens is 1. The van der Waals surface area contributed by atoms with E-state index in [2.05, 4.69) is 125 Å². The zero-order chi connectivity index (χ0) is 33.8. The maximum absolute atomic E-state index is 10.4. The molecule has 0 saturated carbocycles. The van der Waals surface area contributed by atoms with Crippen molar-refractivity contribution in [3.05, 3.63) is 174 Å². The summed E-state index contributed by atoms with van der Waals surface area (Å²) in [5, 5.41) is 32.3. The number of para-hydroxylation sites is 4. The fourth-order valence-corrected chi connectivity index (χ4v) is 7.95. The lowest BCUT2D eigenvalue weighted by molar-refractivity contribution is 0.741. The number of allylic oxidation sites excluding steroid dienone is 2. The molecule has 7 aromatic rings. The van der Waals surface area contributed by atoms with Gasteiger partial charge < -0.3 is 9.47 Å². The minimum absolute atomic E-state index is 0.0636. The molecule has 2 heterocycles. The monoisotopic (exact) mass is 637 g/mol. The van der Waals surface area contributed by atoms with Crippen molar-refractivity contribution >= 4 is 33.2 Å². The summed E-state index contributed by atoms with van der Waals surface area (Å²) < 4.78 is 2.19. The summed E-state index contributed by atoms with van der Waals surface area (Å²) >= 11 is 0. The van der Waals surface area contributed by atoms with Gasteiger partial charge in [0, 0.05) is 44.8 Å². The van der Waals surface area contributed by atoms with Crippen LogP contribution in [-0.2, 0) is 0 Å². The quantitative estimate of drug-likeness (QED) is 0.192. The molecule has 0 bridgehead atoms. The summed E-state index contributed by atoms with van der Waals surface area (Å²) in [6, 6.07) is 52.4. The SMILES string of the molecule is N#CC1=CC2c3ccccc3N(c3ccc(-c4c(C#N)cccc4-c4ccccc4-n4c5ccccc5c5cccc(C#N)c54)cc3)C2C=C1. The first-order valence-corrected chi connectivity index (χ1v) is 16.5. The van der Waals surface area contributed by atoms with Crippen molar-refractivity contribution < 1.29 is 0 Å². The second-order valence-corrected chi connectivity index (χ2v) is 12.6. The van der Waals surface area contributed by atoms with E-state index in [0.717, 1.165) is 61.1 Å². The molecule has 1 aliphatic carbocycles. The van der Waals surface area contributed by atoms with Crippen LogP contribution in [0.1, 0.15) is 22.6 Å². The standard InChI is InChI=1S/C45H27N5/c46-26-29-19-24-43-39(25-29)36-13-3-4-16-40(36)49(43)33-22-20-30(21-23-33)44-31(27-47)9-7-14-37(44)34-11-1-5-17-41(34)50-42-18-6-2-12-35(42)38-15-8-10-32(28-48)45(38)50/h1-25,39,43H. The number of hydrogen-bond donors (Lipinski definition) is 0. The highest BCUT2D eigenvalue weighted by Gasteiger charge is 2.38. The van der Waals surface area contributed by atoms with E-state index in [0.29, 0.717) is 16.7 Å². The second-order valence-electron chi connectivity index (χ2n) is 12.6. The first-order valence-electron chi connectivity index (χ1n) is 16.5. The Bertz CT molecular complexity index is 2710. The molecule has 5 heteroatoms. The molecule has 232 valence electrons. The maximum Gasteiger partial charge on any atom is 0.101 e. The number of benzene rings is 6. The predicted octanol–water partition coefficient (Wildman–Crippen LogP) is 10.5. The Hall–Kier alpha value is -7.13. The molecule has 50 heavy (non-hydrogen) atoms. The lowest BCUT2D eigenvalue weighted by Crippen LogP contribution is -2.28. The normalized spacial score (nSPS) is 15.9. The Morgan fingerprint density at radius 3 is 2.06 bits per heavy atom. The topological polar surface area (TPSA) is 79.5 Å². The molecule has 0 fully saturated rings. The molecule has 1 aromatic heterocycles. The van der Waals surface area contributed by atoms with Crippen LogP contribution in [0.25, 0.3) is 49.7 Å². The van der Waals surface area contributed by atoms with E-state index in [1.165, 1.54) is 5.56 Å². The molecular formula is C45H27N5. The largest absolute Gasteiger partial charge is 0.333 e. The molecule has 2 aliphatic rings. The van der Waals surface area contributed by atoms with E-state index in [-0.39, 0.29) is 12.0 Å². The van der Waals surface area contributed by atoms with Crippen molar-refractivity contribution in [3.63, 3.8) is 0 Å². The molecule has 0 radical (unpaired) electrons. The summed E-state index contributed by atoms with van der Waals surface area (Å²) in [4.78, 5) is 2.34. The Labute approximate surface area is 289 Å². The van der Waals surface area contributed by atoms with Crippen molar-refractivity contribution in [2.45, 2.75) is 12.0 Å². The highest BCUT2D eigenvalue weighted by atomic mass is 15.2. The van der Waals surface area contributed by atoms with Gasteiger partial charge in [-0.2, -0.15) is 15.8 Å². The van der Waals surface area contributed by atoms with Crippen LogP contribution >= 0.6 is 0 Å². The van der Waals surface area contributed by atoms with Gasteiger partial charge in [-0.15, -0.1) is 0 Å². The number of hydrogen-bond acceptors (Lipinski definition) is 4. The van der Waals surface area contributed by atoms with Gasteiger partial charge in [0.1, 0.15) is 6.07 Å². The van der Waals surface area contributed by atoms with Gasteiger partial charge in [-0.05, 0) is 65.2 Å². The van der Waals surface area contributed by atoms with E-state index in [4.69, 9.17) is 0 Å². The molecule has 0 spiro atoms. The Balaban J connectivity index is 1.20. The van der Waals surface area contributed by atoms with Crippen molar-refractivity contribution in [3.8, 4) is 46.1 Å². The number of anilines is 2. The smallest absolute Gasteiger partial charge is 0.101 e. The summed E-state index contributed by atoms with van der Waals surface area (Å²) in [7, 11) is 0. The van der Waals surface area contributed by atoms with Crippen molar-refractivity contribution in [2.75, 3.05) is 4.90 Å². The first-order chi connectivity index (χ1) is 24.7. The lowest BCUT2D eigenvalue weighted by Gasteiger charge is -2.29. The van der Waals surface area contributed by atoms with Gasteiger partial charge in [0.15, 0.2) is 0 Å². The molecule has 5 nitrogen and oxygen atoms in total. The zero-order valence-electron chi connectivity index (χ0n) is 26.8. The van der Waals surface area contributed by atoms with Gasteiger partial charge in [-0.25, -0.2) is 0 Å². The highest BCUT2D eigenvalue weighted by molar-refractivity contribution is 6.11. The maximum atomic E-state index is 10.4. The van der Waals surface area contributed by atoms with Gasteiger partial charge in [-0.1, -0.05) is 103 Å².